The first-order valence-electron chi connectivity index (χ1n) is 8.21. The van der Waals surface area contributed by atoms with E-state index < -0.39 is 0 Å². The monoisotopic (exact) mass is 264 g/mol. The molecule has 3 nitrogen and oxygen atoms in total. The van der Waals surface area contributed by atoms with E-state index in [4.69, 9.17) is 0 Å². The van der Waals surface area contributed by atoms with E-state index in [-0.39, 0.29) is 0 Å². The first-order chi connectivity index (χ1) is 9.21. The number of nitrogens with zero attached hydrogens (tertiary/aromatic N) is 2. The normalized spacial score (nSPS) is 29.0. The van der Waals surface area contributed by atoms with Gasteiger partial charge in [-0.1, -0.05) is 19.3 Å². The molecule has 0 N–H and O–H groups in total. The molecule has 1 saturated carbocycles. The highest BCUT2D eigenvalue weighted by molar-refractivity contribution is 5.79. The van der Waals surface area contributed by atoms with Crippen molar-refractivity contribution < 1.29 is 4.79 Å². The maximum absolute atomic E-state index is 12.6. The van der Waals surface area contributed by atoms with E-state index in [1.807, 2.05) is 0 Å². The Labute approximate surface area is 117 Å². The van der Waals surface area contributed by atoms with Gasteiger partial charge in [-0.3, -0.25) is 4.79 Å². The van der Waals surface area contributed by atoms with Crippen LogP contribution in [0.25, 0.3) is 0 Å². The van der Waals surface area contributed by atoms with Crippen molar-refractivity contribution in [1.82, 2.24) is 9.80 Å². The number of carbonyl (C=O) groups is 1. The summed E-state index contributed by atoms with van der Waals surface area (Å²) < 4.78 is 0. The summed E-state index contributed by atoms with van der Waals surface area (Å²) in [5.41, 5.74) is 0.434. The summed E-state index contributed by atoms with van der Waals surface area (Å²) in [6, 6.07) is 0. The molecule has 3 rings (SSSR count). The number of carbonyl (C=O) groups excluding carboxylic acids is 1. The van der Waals surface area contributed by atoms with Gasteiger partial charge in [0.15, 0.2) is 0 Å². The van der Waals surface area contributed by atoms with Crippen molar-refractivity contribution in [3.8, 4) is 0 Å². The lowest BCUT2D eigenvalue weighted by atomic mass is 9.83. The van der Waals surface area contributed by atoms with Crippen LogP contribution in [0.2, 0.25) is 0 Å². The lowest BCUT2D eigenvalue weighted by Crippen LogP contribution is -2.53. The van der Waals surface area contributed by atoms with E-state index in [9.17, 15) is 4.79 Å². The molecule has 3 fully saturated rings. The molecular formula is C16H28N2O. The Morgan fingerprint density at radius 1 is 0.947 bits per heavy atom. The Hall–Kier alpha value is -0.570. The largest absolute Gasteiger partial charge is 0.342 e. The second-order valence-electron chi connectivity index (χ2n) is 6.91. The van der Waals surface area contributed by atoms with Crippen molar-refractivity contribution in [2.45, 2.75) is 63.3 Å². The molecule has 108 valence electrons. The molecule has 1 aliphatic carbocycles. The number of hydrogen-bond donors (Lipinski definition) is 0. The number of hydrogen-bond acceptors (Lipinski definition) is 2. The lowest BCUT2D eigenvalue weighted by Gasteiger charge is -2.44. The van der Waals surface area contributed by atoms with E-state index >= 15 is 0 Å². The maximum atomic E-state index is 12.6. The summed E-state index contributed by atoms with van der Waals surface area (Å²) in [6.45, 7) is 3.25. The fourth-order valence-electron chi connectivity index (χ4n) is 4.46. The highest BCUT2D eigenvalue weighted by Crippen LogP contribution is 2.38. The van der Waals surface area contributed by atoms with Crippen molar-refractivity contribution in [3.05, 3.63) is 0 Å². The summed E-state index contributed by atoms with van der Waals surface area (Å²) in [5.74, 6) is 0.819. The maximum Gasteiger partial charge on any atom is 0.225 e. The van der Waals surface area contributed by atoms with Crippen molar-refractivity contribution in [2.75, 3.05) is 26.7 Å². The lowest BCUT2D eigenvalue weighted by molar-refractivity contribution is -0.139. The van der Waals surface area contributed by atoms with Crippen LogP contribution in [0.3, 0.4) is 0 Å². The van der Waals surface area contributed by atoms with Crippen LogP contribution in [0.1, 0.15) is 57.8 Å². The minimum atomic E-state index is 0.351. The van der Waals surface area contributed by atoms with Gasteiger partial charge in [-0.15, -0.1) is 0 Å². The quantitative estimate of drug-likeness (QED) is 0.727. The predicted octanol–water partition coefficient (Wildman–Crippen LogP) is 2.65. The van der Waals surface area contributed by atoms with Crippen LogP contribution in [-0.2, 0) is 4.79 Å². The third-order valence-corrected chi connectivity index (χ3v) is 5.91. The van der Waals surface area contributed by atoms with E-state index in [0.29, 0.717) is 17.4 Å². The van der Waals surface area contributed by atoms with E-state index in [0.717, 1.165) is 25.9 Å². The van der Waals surface area contributed by atoms with Gasteiger partial charge in [0.05, 0.1) is 0 Å². The van der Waals surface area contributed by atoms with Crippen LogP contribution in [-0.4, -0.2) is 47.9 Å². The summed E-state index contributed by atoms with van der Waals surface area (Å²) in [7, 11) is 2.27. The minimum absolute atomic E-state index is 0.351. The highest BCUT2D eigenvalue weighted by Gasteiger charge is 2.42. The number of amides is 1. The molecule has 0 unspecified atom stereocenters. The van der Waals surface area contributed by atoms with E-state index in [2.05, 4.69) is 16.8 Å². The zero-order valence-electron chi connectivity index (χ0n) is 12.4. The average Bonchev–Trinajstić information content (AvgIpc) is 2.81. The Morgan fingerprint density at radius 2 is 1.63 bits per heavy atom. The first-order valence-corrected chi connectivity index (χ1v) is 8.21. The Bertz CT molecular complexity index is 328. The number of likely N-dealkylation sites (tertiary alicyclic amines) is 2. The fraction of sp³-hybridized carbons (Fsp3) is 0.938. The van der Waals surface area contributed by atoms with Crippen LogP contribution < -0.4 is 0 Å². The van der Waals surface area contributed by atoms with Gasteiger partial charge < -0.3 is 9.80 Å². The average molecular weight is 264 g/mol. The van der Waals surface area contributed by atoms with Gasteiger partial charge in [0.2, 0.25) is 5.91 Å². The topological polar surface area (TPSA) is 23.6 Å². The van der Waals surface area contributed by atoms with Crippen LogP contribution in [0, 0.1) is 5.92 Å². The second-order valence-corrected chi connectivity index (χ2v) is 6.91. The molecule has 0 aromatic heterocycles. The molecule has 0 bridgehead atoms. The van der Waals surface area contributed by atoms with Gasteiger partial charge in [-0.05, 0) is 52.1 Å². The zero-order chi connectivity index (χ0) is 13.3. The standard InChI is InChI=1S/C16H28N2O/c1-17-11-5-8-16(17)9-12-18(13-10-16)15(19)14-6-3-2-4-7-14/h14H,2-13H2,1H3. The minimum Gasteiger partial charge on any atom is -0.342 e. The summed E-state index contributed by atoms with van der Waals surface area (Å²) in [6.07, 6.45) is 11.2. The van der Waals surface area contributed by atoms with Gasteiger partial charge in [0, 0.05) is 24.5 Å². The second kappa shape index (κ2) is 5.43. The predicted molar refractivity (Wildman–Crippen MR) is 77.0 cm³/mol. The van der Waals surface area contributed by atoms with Crippen LogP contribution in [0.4, 0.5) is 0 Å². The van der Waals surface area contributed by atoms with Crippen LogP contribution >= 0.6 is 0 Å². The molecule has 19 heavy (non-hydrogen) atoms. The van der Waals surface area contributed by atoms with Gasteiger partial charge in [0.1, 0.15) is 0 Å². The summed E-state index contributed by atoms with van der Waals surface area (Å²) in [5, 5.41) is 0. The molecule has 0 radical (unpaired) electrons. The Kier molecular flexibility index (Phi) is 3.84. The van der Waals surface area contributed by atoms with Gasteiger partial charge >= 0.3 is 0 Å². The molecule has 0 aromatic carbocycles. The number of piperidine rings is 1. The molecule has 3 aliphatic rings. The van der Waals surface area contributed by atoms with Crippen molar-refractivity contribution >= 4 is 5.91 Å². The molecule has 2 heterocycles. The third kappa shape index (κ3) is 2.54. The molecule has 2 aliphatic heterocycles. The molecule has 1 amide bonds. The number of rotatable bonds is 1. The van der Waals surface area contributed by atoms with Crippen molar-refractivity contribution in [3.63, 3.8) is 0 Å². The van der Waals surface area contributed by atoms with Gasteiger partial charge in [-0.25, -0.2) is 0 Å². The fourth-order valence-corrected chi connectivity index (χ4v) is 4.46. The smallest absolute Gasteiger partial charge is 0.225 e. The van der Waals surface area contributed by atoms with Crippen LogP contribution in [0.5, 0.6) is 0 Å². The molecule has 0 aromatic rings. The Morgan fingerprint density at radius 3 is 2.21 bits per heavy atom. The van der Waals surface area contributed by atoms with Crippen molar-refractivity contribution in [2.24, 2.45) is 5.92 Å². The molecule has 2 saturated heterocycles. The molecular weight excluding hydrogens is 236 g/mol. The summed E-state index contributed by atoms with van der Waals surface area (Å²) >= 11 is 0. The SMILES string of the molecule is CN1CCCC12CCN(C(=O)C1CCCCC1)CC2. The Balaban J connectivity index is 1.56. The molecule has 3 heteroatoms. The van der Waals surface area contributed by atoms with Gasteiger partial charge in [0.25, 0.3) is 0 Å². The van der Waals surface area contributed by atoms with Crippen LogP contribution in [0.15, 0.2) is 0 Å². The highest BCUT2D eigenvalue weighted by atomic mass is 16.2. The summed E-state index contributed by atoms with van der Waals surface area (Å²) in [4.78, 5) is 17.3. The van der Waals surface area contributed by atoms with E-state index in [1.54, 1.807) is 0 Å². The third-order valence-electron chi connectivity index (χ3n) is 5.91. The molecule has 0 atom stereocenters. The first kappa shape index (κ1) is 13.4. The zero-order valence-corrected chi connectivity index (χ0v) is 12.4. The van der Waals surface area contributed by atoms with E-state index in [1.165, 1.54) is 51.5 Å². The van der Waals surface area contributed by atoms with Crippen molar-refractivity contribution in [1.29, 1.82) is 0 Å². The molecule has 1 spiro atoms. The van der Waals surface area contributed by atoms with Gasteiger partial charge in [-0.2, -0.15) is 0 Å².